The van der Waals surface area contributed by atoms with Crippen molar-refractivity contribution in [2.45, 2.75) is 0 Å². The number of aromatic carboxylic acids is 1. The average molecular weight is 223 g/mol. The predicted octanol–water partition coefficient (Wildman–Crippen LogP) is 2.65. The summed E-state index contributed by atoms with van der Waals surface area (Å²) < 4.78 is 16.9. The number of nitrogens with zero attached hydrogens (tertiary/aromatic N) is 1. The number of hydrogen-bond donors (Lipinski definition) is 1. The number of benzene rings is 1. The van der Waals surface area contributed by atoms with E-state index >= 15 is 0 Å². The molecule has 2 aromatic rings. The summed E-state index contributed by atoms with van der Waals surface area (Å²) in [5.74, 6) is -1.72. The molecule has 3 nitrogen and oxygen atoms in total. The van der Waals surface area contributed by atoms with Gasteiger partial charge in [-0.2, -0.15) is 4.37 Å². The van der Waals surface area contributed by atoms with Crippen LogP contribution in [0.1, 0.15) is 10.4 Å². The fourth-order valence-corrected chi connectivity index (χ4v) is 1.79. The highest BCUT2D eigenvalue weighted by Crippen LogP contribution is 2.23. The first-order valence-electron chi connectivity index (χ1n) is 4.12. The van der Waals surface area contributed by atoms with E-state index in [-0.39, 0.29) is 5.56 Å². The van der Waals surface area contributed by atoms with Gasteiger partial charge in [0.05, 0.1) is 11.3 Å². The number of rotatable bonds is 2. The Balaban J connectivity index is 2.61. The Kier molecular flexibility index (Phi) is 2.47. The van der Waals surface area contributed by atoms with Gasteiger partial charge in [-0.15, -0.1) is 0 Å². The van der Waals surface area contributed by atoms with Gasteiger partial charge < -0.3 is 5.11 Å². The zero-order chi connectivity index (χ0) is 10.8. The summed E-state index contributed by atoms with van der Waals surface area (Å²) in [6.07, 6.45) is 0. The molecule has 0 fully saturated rings. The van der Waals surface area contributed by atoms with E-state index in [2.05, 4.69) is 4.37 Å². The monoisotopic (exact) mass is 223 g/mol. The molecule has 0 unspecified atom stereocenters. The van der Waals surface area contributed by atoms with Crippen molar-refractivity contribution in [1.82, 2.24) is 4.37 Å². The fraction of sp³-hybridized carbons (Fsp3) is 0. The second-order valence-corrected chi connectivity index (χ2v) is 3.55. The Hall–Kier alpha value is -1.75. The second-order valence-electron chi connectivity index (χ2n) is 2.88. The molecule has 1 heterocycles. The molecule has 0 aliphatic heterocycles. The van der Waals surface area contributed by atoms with E-state index in [9.17, 15) is 9.18 Å². The molecule has 0 atom stereocenters. The topological polar surface area (TPSA) is 50.2 Å². The van der Waals surface area contributed by atoms with Gasteiger partial charge in [-0.1, -0.05) is 0 Å². The van der Waals surface area contributed by atoms with Gasteiger partial charge in [0, 0.05) is 10.9 Å². The fourth-order valence-electron chi connectivity index (χ4n) is 1.27. The number of carboxylic acids is 1. The highest BCUT2D eigenvalue weighted by atomic mass is 32.1. The van der Waals surface area contributed by atoms with Gasteiger partial charge in [-0.25, -0.2) is 9.18 Å². The van der Waals surface area contributed by atoms with Gasteiger partial charge in [0.2, 0.25) is 0 Å². The molecule has 15 heavy (non-hydrogen) atoms. The van der Waals surface area contributed by atoms with Crippen LogP contribution in [-0.2, 0) is 0 Å². The summed E-state index contributed by atoms with van der Waals surface area (Å²) in [4.78, 5) is 10.9. The van der Waals surface area contributed by atoms with Gasteiger partial charge in [0.1, 0.15) is 5.82 Å². The molecular formula is C10H6FNO2S. The van der Waals surface area contributed by atoms with Crippen LogP contribution in [0, 0.1) is 5.82 Å². The number of hydrogen-bond acceptors (Lipinski definition) is 3. The molecule has 0 bridgehead atoms. The van der Waals surface area contributed by atoms with Gasteiger partial charge >= 0.3 is 5.97 Å². The molecule has 1 N–H and O–H groups in total. The van der Waals surface area contributed by atoms with Crippen LogP contribution in [0.15, 0.2) is 29.6 Å². The molecule has 0 saturated carbocycles. The Morgan fingerprint density at radius 2 is 2.20 bits per heavy atom. The first kappa shape index (κ1) is 9.79. The van der Waals surface area contributed by atoms with Crippen LogP contribution in [0.2, 0.25) is 0 Å². The van der Waals surface area contributed by atoms with Crippen molar-refractivity contribution >= 4 is 17.5 Å². The van der Waals surface area contributed by atoms with Gasteiger partial charge in [0.25, 0.3) is 0 Å². The quantitative estimate of drug-likeness (QED) is 0.851. The number of halogens is 1. The van der Waals surface area contributed by atoms with Crippen LogP contribution in [-0.4, -0.2) is 15.4 Å². The number of carbonyl (C=O) groups is 1. The normalized spacial score (nSPS) is 10.2. The van der Waals surface area contributed by atoms with E-state index in [1.54, 1.807) is 11.4 Å². The molecule has 0 spiro atoms. The zero-order valence-corrected chi connectivity index (χ0v) is 8.29. The van der Waals surface area contributed by atoms with Crippen LogP contribution >= 0.6 is 11.5 Å². The van der Waals surface area contributed by atoms with E-state index in [0.29, 0.717) is 11.3 Å². The van der Waals surface area contributed by atoms with E-state index in [1.807, 2.05) is 0 Å². The third kappa shape index (κ3) is 1.87. The van der Waals surface area contributed by atoms with Gasteiger partial charge in [0.15, 0.2) is 0 Å². The first-order chi connectivity index (χ1) is 7.18. The minimum Gasteiger partial charge on any atom is -0.478 e. The minimum absolute atomic E-state index is 0.0686. The standard InChI is InChI=1S/C10H6FNO2S/c11-6-1-2-7(8(5-6)10(13)14)9-3-4-15-12-9/h1-5H,(H,13,14). The summed E-state index contributed by atoms with van der Waals surface area (Å²) in [7, 11) is 0. The highest BCUT2D eigenvalue weighted by molar-refractivity contribution is 7.03. The lowest BCUT2D eigenvalue weighted by atomic mass is 10.0. The summed E-state index contributed by atoms with van der Waals surface area (Å²) in [5, 5.41) is 10.6. The molecule has 0 aliphatic rings. The van der Waals surface area contributed by atoms with Crippen LogP contribution in [0.5, 0.6) is 0 Å². The second kappa shape index (κ2) is 3.78. The van der Waals surface area contributed by atoms with E-state index < -0.39 is 11.8 Å². The van der Waals surface area contributed by atoms with Crippen LogP contribution in [0.3, 0.4) is 0 Å². The molecule has 2 rings (SSSR count). The van der Waals surface area contributed by atoms with Crippen LogP contribution in [0.25, 0.3) is 11.3 Å². The maximum absolute atomic E-state index is 12.9. The molecule has 0 amide bonds. The summed E-state index contributed by atoms with van der Waals surface area (Å²) in [6.45, 7) is 0. The molecular weight excluding hydrogens is 217 g/mol. The molecule has 76 valence electrons. The minimum atomic E-state index is -1.16. The van der Waals surface area contributed by atoms with Gasteiger partial charge in [-0.05, 0) is 35.8 Å². The van der Waals surface area contributed by atoms with Crippen LogP contribution < -0.4 is 0 Å². The smallest absolute Gasteiger partial charge is 0.336 e. The molecule has 5 heteroatoms. The van der Waals surface area contributed by atoms with E-state index in [4.69, 9.17) is 5.11 Å². The van der Waals surface area contributed by atoms with E-state index in [1.165, 1.54) is 23.7 Å². The molecule has 1 aromatic carbocycles. The maximum Gasteiger partial charge on any atom is 0.336 e. The highest BCUT2D eigenvalue weighted by Gasteiger charge is 2.13. The third-order valence-electron chi connectivity index (χ3n) is 1.93. The maximum atomic E-state index is 12.9. The summed E-state index contributed by atoms with van der Waals surface area (Å²) in [6, 6.07) is 5.34. The number of carboxylic acid groups (broad SMARTS) is 1. The van der Waals surface area contributed by atoms with Crippen molar-refractivity contribution in [3.05, 3.63) is 41.0 Å². The largest absolute Gasteiger partial charge is 0.478 e. The van der Waals surface area contributed by atoms with Crippen LogP contribution in [0.4, 0.5) is 4.39 Å². The summed E-state index contributed by atoms with van der Waals surface area (Å²) >= 11 is 1.22. The molecule has 1 aromatic heterocycles. The average Bonchev–Trinajstić information content (AvgIpc) is 2.70. The summed E-state index contributed by atoms with van der Waals surface area (Å²) in [5.41, 5.74) is 0.920. The molecule has 0 aliphatic carbocycles. The predicted molar refractivity (Wildman–Crippen MR) is 54.5 cm³/mol. The molecule has 0 radical (unpaired) electrons. The van der Waals surface area contributed by atoms with Crippen molar-refractivity contribution in [3.63, 3.8) is 0 Å². The van der Waals surface area contributed by atoms with Crippen molar-refractivity contribution in [1.29, 1.82) is 0 Å². The Morgan fingerprint density at radius 3 is 2.80 bits per heavy atom. The Morgan fingerprint density at radius 1 is 1.40 bits per heavy atom. The zero-order valence-electron chi connectivity index (χ0n) is 7.48. The molecule has 0 saturated heterocycles. The van der Waals surface area contributed by atoms with Crippen molar-refractivity contribution in [2.24, 2.45) is 0 Å². The lowest BCUT2D eigenvalue weighted by Crippen LogP contribution is -2.00. The number of aromatic nitrogens is 1. The third-order valence-corrected chi connectivity index (χ3v) is 2.49. The SMILES string of the molecule is O=C(O)c1cc(F)ccc1-c1ccsn1. The van der Waals surface area contributed by atoms with Crippen molar-refractivity contribution in [3.8, 4) is 11.3 Å². The van der Waals surface area contributed by atoms with E-state index in [0.717, 1.165) is 6.07 Å². The lowest BCUT2D eigenvalue weighted by molar-refractivity contribution is 0.0697. The van der Waals surface area contributed by atoms with Crippen molar-refractivity contribution < 1.29 is 14.3 Å². The lowest BCUT2D eigenvalue weighted by Gasteiger charge is -2.02. The van der Waals surface area contributed by atoms with Crippen molar-refractivity contribution in [2.75, 3.05) is 0 Å². The Bertz CT molecular complexity index is 496. The first-order valence-corrected chi connectivity index (χ1v) is 4.96. The van der Waals surface area contributed by atoms with Gasteiger partial charge in [-0.3, -0.25) is 0 Å². The Labute approximate surface area is 89.0 Å².